The van der Waals surface area contributed by atoms with Crippen molar-refractivity contribution in [3.63, 3.8) is 0 Å². The normalized spacial score (nSPS) is 13.9. The van der Waals surface area contributed by atoms with Crippen LogP contribution in [0.4, 0.5) is 11.4 Å². The zero-order valence-electron chi connectivity index (χ0n) is 15.5. The zero-order chi connectivity index (χ0) is 19.3. The summed E-state index contributed by atoms with van der Waals surface area (Å²) in [5.74, 6) is -0.0994. The molecule has 138 valence electrons. The fourth-order valence-corrected chi connectivity index (χ4v) is 3.24. The van der Waals surface area contributed by atoms with Crippen LogP contribution in [0.2, 0.25) is 0 Å². The molecule has 0 saturated carbocycles. The molecular weight excluding hydrogens is 346 g/mol. The van der Waals surface area contributed by atoms with E-state index in [0.717, 1.165) is 35.3 Å². The number of aryl methyl sites for hydroxylation is 2. The van der Waals surface area contributed by atoms with Crippen molar-refractivity contribution in [2.24, 2.45) is 0 Å². The summed E-state index contributed by atoms with van der Waals surface area (Å²) in [4.78, 5) is 16.3. The number of hydrogen-bond acceptors (Lipinski definition) is 3. The first kappa shape index (κ1) is 17.7. The number of nitrogens with zero attached hydrogens (tertiary/aromatic N) is 1. The molecule has 1 aliphatic heterocycles. The Kier molecular flexibility index (Phi) is 5.02. The van der Waals surface area contributed by atoms with Crippen molar-refractivity contribution in [2.45, 2.75) is 12.8 Å². The van der Waals surface area contributed by atoms with Crippen LogP contribution in [0.5, 0.6) is 0 Å². The molecule has 0 bridgehead atoms. The summed E-state index contributed by atoms with van der Waals surface area (Å²) in [6, 6.07) is 18.2. The Bertz CT molecular complexity index is 1040. The van der Waals surface area contributed by atoms with E-state index in [2.05, 4.69) is 34.3 Å². The van der Waals surface area contributed by atoms with Crippen LogP contribution in [0.25, 0.3) is 11.6 Å². The first-order valence-electron chi connectivity index (χ1n) is 9.26. The Hall–Kier alpha value is -3.66. The van der Waals surface area contributed by atoms with Crippen molar-refractivity contribution in [3.8, 4) is 0 Å². The average molecular weight is 367 g/mol. The lowest BCUT2D eigenvalue weighted by Gasteiger charge is -2.06. The summed E-state index contributed by atoms with van der Waals surface area (Å²) >= 11 is 0. The Morgan fingerprint density at radius 1 is 0.964 bits per heavy atom. The van der Waals surface area contributed by atoms with Crippen LogP contribution in [0, 0.1) is 0 Å². The van der Waals surface area contributed by atoms with Crippen LogP contribution in [0.3, 0.4) is 0 Å². The third-order valence-electron chi connectivity index (χ3n) is 4.85. The van der Waals surface area contributed by atoms with E-state index in [1.165, 1.54) is 11.1 Å². The minimum Gasteiger partial charge on any atom is -0.361 e. The summed E-state index contributed by atoms with van der Waals surface area (Å²) in [6.45, 7) is 3.77. The van der Waals surface area contributed by atoms with Gasteiger partial charge in [0.1, 0.15) is 0 Å². The summed E-state index contributed by atoms with van der Waals surface area (Å²) < 4.78 is 0. The van der Waals surface area contributed by atoms with E-state index in [4.69, 9.17) is 0 Å². The quantitative estimate of drug-likeness (QED) is 0.608. The SMILES string of the molecule is C=Cc1ccc2c(c1)NC(=O)C2=CNc1ccc(CCc2ccncc2)cc1. The van der Waals surface area contributed by atoms with E-state index >= 15 is 0 Å². The largest absolute Gasteiger partial charge is 0.361 e. The molecule has 2 heterocycles. The van der Waals surface area contributed by atoms with Gasteiger partial charge in [-0.15, -0.1) is 0 Å². The first-order valence-corrected chi connectivity index (χ1v) is 9.26. The van der Waals surface area contributed by atoms with Gasteiger partial charge >= 0.3 is 0 Å². The Morgan fingerprint density at radius 3 is 2.39 bits per heavy atom. The highest BCUT2D eigenvalue weighted by Crippen LogP contribution is 2.32. The maximum absolute atomic E-state index is 12.3. The number of benzene rings is 2. The van der Waals surface area contributed by atoms with Crippen molar-refractivity contribution in [2.75, 3.05) is 10.6 Å². The molecule has 28 heavy (non-hydrogen) atoms. The van der Waals surface area contributed by atoms with Gasteiger partial charge in [0.25, 0.3) is 5.91 Å². The predicted molar refractivity (Wildman–Crippen MR) is 115 cm³/mol. The van der Waals surface area contributed by atoms with E-state index in [1.54, 1.807) is 12.3 Å². The highest BCUT2D eigenvalue weighted by molar-refractivity contribution is 6.31. The van der Waals surface area contributed by atoms with Crippen LogP contribution in [-0.2, 0) is 17.6 Å². The Balaban J connectivity index is 1.42. The van der Waals surface area contributed by atoms with E-state index in [0.29, 0.717) is 5.57 Å². The summed E-state index contributed by atoms with van der Waals surface area (Å²) in [5, 5.41) is 6.14. The van der Waals surface area contributed by atoms with Gasteiger partial charge in [0.2, 0.25) is 0 Å². The summed E-state index contributed by atoms with van der Waals surface area (Å²) in [6.07, 6.45) is 9.15. The molecule has 2 aromatic carbocycles. The Morgan fingerprint density at radius 2 is 1.68 bits per heavy atom. The maximum atomic E-state index is 12.3. The number of amides is 1. The van der Waals surface area contributed by atoms with Gasteiger partial charge in [-0.3, -0.25) is 9.78 Å². The highest BCUT2D eigenvalue weighted by Gasteiger charge is 2.23. The second-order valence-electron chi connectivity index (χ2n) is 6.72. The molecule has 0 aliphatic carbocycles. The molecule has 0 fully saturated rings. The van der Waals surface area contributed by atoms with Gasteiger partial charge in [-0.1, -0.05) is 36.9 Å². The van der Waals surface area contributed by atoms with Crippen LogP contribution in [0.15, 0.2) is 79.8 Å². The standard InChI is InChI=1S/C24H21N3O/c1-2-17-7-10-21-22(24(28)27-23(21)15-17)16-26-20-8-5-18(6-9-20)3-4-19-11-13-25-14-12-19/h2,5-16,26H,1,3-4H2,(H,27,28). The molecule has 0 unspecified atom stereocenters. The number of aromatic nitrogens is 1. The molecule has 4 rings (SSSR count). The van der Waals surface area contributed by atoms with Crippen molar-refractivity contribution < 1.29 is 4.79 Å². The van der Waals surface area contributed by atoms with Gasteiger partial charge in [-0.25, -0.2) is 0 Å². The van der Waals surface area contributed by atoms with Crippen molar-refractivity contribution in [1.82, 2.24) is 4.98 Å². The molecule has 3 aromatic rings. The number of hydrogen-bond donors (Lipinski definition) is 2. The highest BCUT2D eigenvalue weighted by atomic mass is 16.2. The molecule has 0 atom stereocenters. The molecule has 4 nitrogen and oxygen atoms in total. The van der Waals surface area contributed by atoms with E-state index < -0.39 is 0 Å². The van der Waals surface area contributed by atoms with Crippen LogP contribution in [0.1, 0.15) is 22.3 Å². The van der Waals surface area contributed by atoms with Crippen LogP contribution >= 0.6 is 0 Å². The number of carbonyl (C=O) groups is 1. The molecule has 0 saturated heterocycles. The third kappa shape index (κ3) is 3.86. The minimum atomic E-state index is -0.0994. The Labute approximate surface area is 164 Å². The van der Waals surface area contributed by atoms with E-state index in [9.17, 15) is 4.79 Å². The molecule has 0 spiro atoms. The summed E-state index contributed by atoms with van der Waals surface area (Å²) in [7, 11) is 0. The lowest BCUT2D eigenvalue weighted by molar-refractivity contribution is -0.110. The number of fused-ring (bicyclic) bond motifs is 1. The molecule has 2 N–H and O–H groups in total. The van der Waals surface area contributed by atoms with Gasteiger partial charge in [-0.05, 0) is 59.9 Å². The van der Waals surface area contributed by atoms with E-state index in [-0.39, 0.29) is 5.91 Å². The molecule has 1 aromatic heterocycles. The molecule has 1 aliphatic rings. The minimum absolute atomic E-state index is 0.0994. The lowest BCUT2D eigenvalue weighted by atomic mass is 10.0. The second kappa shape index (κ2) is 7.92. The van der Waals surface area contributed by atoms with E-state index in [1.807, 2.05) is 54.9 Å². The van der Waals surface area contributed by atoms with Crippen molar-refractivity contribution in [1.29, 1.82) is 0 Å². The van der Waals surface area contributed by atoms with Crippen LogP contribution < -0.4 is 10.6 Å². The van der Waals surface area contributed by atoms with Gasteiger partial charge < -0.3 is 10.6 Å². The molecule has 4 heteroatoms. The van der Waals surface area contributed by atoms with Gasteiger partial charge in [0, 0.05) is 35.5 Å². The number of pyridine rings is 1. The zero-order valence-corrected chi connectivity index (χ0v) is 15.5. The number of anilines is 2. The van der Waals surface area contributed by atoms with Crippen LogP contribution in [-0.4, -0.2) is 10.9 Å². The maximum Gasteiger partial charge on any atom is 0.257 e. The number of rotatable bonds is 6. The predicted octanol–water partition coefficient (Wildman–Crippen LogP) is 4.91. The average Bonchev–Trinajstić information content (AvgIpc) is 3.06. The fourth-order valence-electron chi connectivity index (χ4n) is 3.24. The molecule has 1 amide bonds. The fraction of sp³-hybridized carbons (Fsp3) is 0.0833. The topological polar surface area (TPSA) is 54.0 Å². The van der Waals surface area contributed by atoms with Crippen molar-refractivity contribution in [3.05, 3.63) is 102 Å². The molecular formula is C24H21N3O. The first-order chi connectivity index (χ1) is 13.7. The van der Waals surface area contributed by atoms with Gasteiger partial charge in [-0.2, -0.15) is 0 Å². The smallest absolute Gasteiger partial charge is 0.257 e. The lowest BCUT2D eigenvalue weighted by Crippen LogP contribution is -2.05. The third-order valence-corrected chi connectivity index (χ3v) is 4.85. The number of carbonyl (C=O) groups excluding carboxylic acids is 1. The number of nitrogens with one attached hydrogen (secondary N) is 2. The van der Waals surface area contributed by atoms with Crippen molar-refractivity contribution >= 4 is 28.9 Å². The summed E-state index contributed by atoms with van der Waals surface area (Å²) in [5.41, 5.74) is 6.84. The second-order valence-corrected chi connectivity index (χ2v) is 6.72. The van der Waals surface area contributed by atoms with Gasteiger partial charge in [0.15, 0.2) is 0 Å². The molecule has 0 radical (unpaired) electrons. The van der Waals surface area contributed by atoms with Gasteiger partial charge in [0.05, 0.1) is 5.57 Å². The monoisotopic (exact) mass is 367 g/mol.